The lowest BCUT2D eigenvalue weighted by atomic mass is 9.95. The lowest BCUT2D eigenvalue weighted by Gasteiger charge is -2.24. The lowest BCUT2D eigenvalue weighted by molar-refractivity contribution is -0.137. The molecule has 0 amide bonds. The van der Waals surface area contributed by atoms with Crippen molar-refractivity contribution in [3.8, 4) is 0 Å². The molecule has 14 heavy (non-hydrogen) atoms. The summed E-state index contributed by atoms with van der Waals surface area (Å²) >= 11 is 0. The van der Waals surface area contributed by atoms with Gasteiger partial charge in [-0.1, -0.05) is 19.3 Å². The Morgan fingerprint density at radius 1 is 1.43 bits per heavy atom. The maximum atomic E-state index is 10.4. The van der Waals surface area contributed by atoms with Crippen molar-refractivity contribution in [1.82, 2.24) is 5.32 Å². The Balaban J connectivity index is 2.09. The fourth-order valence-corrected chi connectivity index (χ4v) is 1.92. The standard InChI is InChI=1S/C10H20N2O2/c11-8(6-10(13)14)7-12-9-4-2-1-3-5-9/h8-9,12H,1-7,11H2,(H,13,14). The van der Waals surface area contributed by atoms with Gasteiger partial charge in [0.1, 0.15) is 0 Å². The smallest absolute Gasteiger partial charge is 0.304 e. The number of nitrogens with two attached hydrogens (primary N) is 1. The molecule has 0 radical (unpaired) electrons. The molecule has 0 heterocycles. The molecule has 1 saturated carbocycles. The van der Waals surface area contributed by atoms with E-state index in [0.29, 0.717) is 12.6 Å². The molecular weight excluding hydrogens is 180 g/mol. The SMILES string of the molecule is NC(CNC1CCCCC1)CC(=O)O. The zero-order valence-corrected chi connectivity index (χ0v) is 8.54. The molecular formula is C10H20N2O2. The van der Waals surface area contributed by atoms with Crippen molar-refractivity contribution in [3.63, 3.8) is 0 Å². The maximum absolute atomic E-state index is 10.4. The van der Waals surface area contributed by atoms with Crippen LogP contribution in [-0.2, 0) is 4.79 Å². The number of aliphatic carboxylic acids is 1. The Kier molecular flexibility index (Phi) is 4.90. The Morgan fingerprint density at radius 2 is 2.07 bits per heavy atom. The normalized spacial score (nSPS) is 20.6. The van der Waals surface area contributed by atoms with Gasteiger partial charge < -0.3 is 16.2 Å². The summed E-state index contributed by atoms with van der Waals surface area (Å²) in [5.74, 6) is -0.817. The van der Waals surface area contributed by atoms with E-state index in [-0.39, 0.29) is 12.5 Å². The first-order valence-electron chi connectivity index (χ1n) is 5.39. The van der Waals surface area contributed by atoms with Crippen LogP contribution in [0.15, 0.2) is 0 Å². The Labute approximate surface area is 84.9 Å². The molecule has 1 fully saturated rings. The summed E-state index contributed by atoms with van der Waals surface area (Å²) in [5, 5.41) is 11.9. The summed E-state index contributed by atoms with van der Waals surface area (Å²) < 4.78 is 0. The Morgan fingerprint density at radius 3 is 2.64 bits per heavy atom. The lowest BCUT2D eigenvalue weighted by Crippen LogP contribution is -2.41. The number of nitrogens with one attached hydrogen (secondary N) is 1. The van der Waals surface area contributed by atoms with Crippen LogP contribution in [0.4, 0.5) is 0 Å². The third-order valence-corrected chi connectivity index (χ3v) is 2.71. The van der Waals surface area contributed by atoms with E-state index in [1.165, 1.54) is 32.1 Å². The van der Waals surface area contributed by atoms with Crippen molar-refractivity contribution in [3.05, 3.63) is 0 Å². The minimum absolute atomic E-state index is 0.0553. The van der Waals surface area contributed by atoms with Crippen LogP contribution in [0.5, 0.6) is 0 Å². The maximum Gasteiger partial charge on any atom is 0.304 e. The van der Waals surface area contributed by atoms with Crippen molar-refractivity contribution < 1.29 is 9.90 Å². The van der Waals surface area contributed by atoms with Gasteiger partial charge >= 0.3 is 5.97 Å². The first-order valence-corrected chi connectivity index (χ1v) is 5.39. The van der Waals surface area contributed by atoms with E-state index >= 15 is 0 Å². The number of hydrogen-bond donors (Lipinski definition) is 3. The second kappa shape index (κ2) is 5.98. The summed E-state index contributed by atoms with van der Waals surface area (Å²) in [7, 11) is 0. The van der Waals surface area contributed by atoms with Crippen LogP contribution in [0.2, 0.25) is 0 Å². The highest BCUT2D eigenvalue weighted by atomic mass is 16.4. The van der Waals surface area contributed by atoms with Crippen molar-refractivity contribution in [2.24, 2.45) is 5.73 Å². The molecule has 0 aromatic heterocycles. The van der Waals surface area contributed by atoms with Crippen LogP contribution in [0, 0.1) is 0 Å². The predicted octanol–water partition coefficient (Wildman–Crippen LogP) is 0.711. The van der Waals surface area contributed by atoms with Gasteiger partial charge in [0.15, 0.2) is 0 Å². The minimum atomic E-state index is -0.817. The van der Waals surface area contributed by atoms with Crippen LogP contribution in [0.1, 0.15) is 38.5 Å². The van der Waals surface area contributed by atoms with E-state index < -0.39 is 5.97 Å². The van der Waals surface area contributed by atoms with Crippen molar-refractivity contribution in [2.75, 3.05) is 6.54 Å². The van der Waals surface area contributed by atoms with Crippen LogP contribution in [0.3, 0.4) is 0 Å². The van der Waals surface area contributed by atoms with Crippen LogP contribution < -0.4 is 11.1 Å². The van der Waals surface area contributed by atoms with Gasteiger partial charge in [0.05, 0.1) is 6.42 Å². The number of hydrogen-bond acceptors (Lipinski definition) is 3. The highest BCUT2D eigenvalue weighted by Gasteiger charge is 2.14. The average Bonchev–Trinajstić information content (AvgIpc) is 2.15. The molecule has 1 aliphatic carbocycles. The fraction of sp³-hybridized carbons (Fsp3) is 0.900. The van der Waals surface area contributed by atoms with Crippen LogP contribution in [-0.4, -0.2) is 29.7 Å². The molecule has 4 nitrogen and oxygen atoms in total. The molecule has 4 heteroatoms. The molecule has 82 valence electrons. The molecule has 0 aromatic rings. The van der Waals surface area contributed by atoms with E-state index in [1.54, 1.807) is 0 Å². The zero-order valence-electron chi connectivity index (χ0n) is 8.54. The van der Waals surface area contributed by atoms with Crippen LogP contribution >= 0.6 is 0 Å². The van der Waals surface area contributed by atoms with Gasteiger partial charge in [-0.05, 0) is 12.8 Å². The molecule has 0 spiro atoms. The highest BCUT2D eigenvalue weighted by molar-refractivity contribution is 5.67. The molecule has 1 unspecified atom stereocenters. The van der Waals surface area contributed by atoms with Gasteiger partial charge in [-0.2, -0.15) is 0 Å². The van der Waals surface area contributed by atoms with E-state index in [2.05, 4.69) is 5.32 Å². The Bertz CT molecular complexity index is 179. The average molecular weight is 200 g/mol. The molecule has 0 bridgehead atoms. The van der Waals surface area contributed by atoms with Crippen molar-refractivity contribution in [1.29, 1.82) is 0 Å². The van der Waals surface area contributed by atoms with Gasteiger partial charge in [0.25, 0.3) is 0 Å². The minimum Gasteiger partial charge on any atom is -0.481 e. The first kappa shape index (κ1) is 11.5. The molecule has 4 N–H and O–H groups in total. The van der Waals surface area contributed by atoms with E-state index in [0.717, 1.165) is 0 Å². The summed E-state index contributed by atoms with van der Waals surface area (Å²) in [4.78, 5) is 10.4. The largest absolute Gasteiger partial charge is 0.481 e. The monoisotopic (exact) mass is 200 g/mol. The zero-order chi connectivity index (χ0) is 10.4. The number of carboxylic acid groups (broad SMARTS) is 1. The molecule has 1 aliphatic rings. The van der Waals surface area contributed by atoms with Gasteiger partial charge in [-0.25, -0.2) is 0 Å². The van der Waals surface area contributed by atoms with E-state index in [4.69, 9.17) is 10.8 Å². The number of carbonyl (C=O) groups is 1. The van der Waals surface area contributed by atoms with Gasteiger partial charge in [-0.3, -0.25) is 4.79 Å². The molecule has 0 aromatic carbocycles. The summed E-state index contributed by atoms with van der Waals surface area (Å²) in [6.45, 7) is 0.622. The van der Waals surface area contributed by atoms with Gasteiger partial charge in [-0.15, -0.1) is 0 Å². The Hall–Kier alpha value is -0.610. The third-order valence-electron chi connectivity index (χ3n) is 2.71. The number of rotatable bonds is 5. The molecule has 1 atom stereocenters. The predicted molar refractivity (Wildman–Crippen MR) is 55.1 cm³/mol. The molecule has 0 saturated heterocycles. The summed E-state index contributed by atoms with van der Waals surface area (Å²) in [6, 6.07) is 0.304. The quantitative estimate of drug-likeness (QED) is 0.611. The topological polar surface area (TPSA) is 75.3 Å². The molecule has 0 aliphatic heterocycles. The van der Waals surface area contributed by atoms with Crippen molar-refractivity contribution in [2.45, 2.75) is 50.6 Å². The summed E-state index contributed by atoms with van der Waals surface area (Å²) in [5.41, 5.74) is 5.65. The van der Waals surface area contributed by atoms with Gasteiger partial charge in [0, 0.05) is 18.6 Å². The number of carboxylic acids is 1. The second-order valence-electron chi connectivity index (χ2n) is 4.10. The van der Waals surface area contributed by atoms with Gasteiger partial charge in [0.2, 0.25) is 0 Å². The highest BCUT2D eigenvalue weighted by Crippen LogP contribution is 2.17. The van der Waals surface area contributed by atoms with Crippen molar-refractivity contribution >= 4 is 5.97 Å². The van der Waals surface area contributed by atoms with Crippen LogP contribution in [0.25, 0.3) is 0 Å². The van der Waals surface area contributed by atoms with E-state index in [1.807, 2.05) is 0 Å². The fourth-order valence-electron chi connectivity index (χ4n) is 1.92. The second-order valence-corrected chi connectivity index (χ2v) is 4.10. The third kappa shape index (κ3) is 4.58. The van der Waals surface area contributed by atoms with E-state index in [9.17, 15) is 4.79 Å². The molecule has 1 rings (SSSR count). The first-order chi connectivity index (χ1) is 6.68. The summed E-state index contributed by atoms with van der Waals surface area (Å²) in [6.07, 6.45) is 6.37.